The molecule has 0 bridgehead atoms. The van der Waals surface area contributed by atoms with Gasteiger partial charge in [0.2, 0.25) is 0 Å². The zero-order valence-electron chi connectivity index (χ0n) is 17.4. The molecule has 29 heavy (non-hydrogen) atoms. The SMILES string of the molecule is CCCN(CCC)Cc1nc2c(c(=O)[nH]c(=O)n2C)n1C/C=C/c1ccccc1. The van der Waals surface area contributed by atoms with Crippen molar-refractivity contribution in [3.63, 3.8) is 0 Å². The molecule has 3 aromatic rings. The third-order valence-corrected chi connectivity index (χ3v) is 4.93. The van der Waals surface area contributed by atoms with Gasteiger partial charge in [-0.25, -0.2) is 9.78 Å². The Labute approximate surface area is 170 Å². The number of aromatic nitrogens is 4. The quantitative estimate of drug-likeness (QED) is 0.604. The number of aryl methyl sites for hydroxylation is 1. The molecule has 7 nitrogen and oxygen atoms in total. The summed E-state index contributed by atoms with van der Waals surface area (Å²) in [7, 11) is 1.64. The monoisotopic (exact) mass is 395 g/mol. The highest BCUT2D eigenvalue weighted by Crippen LogP contribution is 2.14. The highest BCUT2D eigenvalue weighted by molar-refractivity contribution is 5.71. The highest BCUT2D eigenvalue weighted by atomic mass is 16.2. The molecule has 1 aromatic carbocycles. The fourth-order valence-electron chi connectivity index (χ4n) is 3.56. The molecule has 3 rings (SSSR count). The molecule has 2 aromatic heterocycles. The van der Waals surface area contributed by atoms with Gasteiger partial charge in [0, 0.05) is 13.6 Å². The molecule has 0 unspecified atom stereocenters. The van der Waals surface area contributed by atoms with Gasteiger partial charge >= 0.3 is 5.69 Å². The second-order valence-electron chi connectivity index (χ2n) is 7.22. The van der Waals surface area contributed by atoms with Gasteiger partial charge in [0.15, 0.2) is 11.2 Å². The Bertz CT molecular complexity index is 1090. The molecule has 1 N–H and O–H groups in total. The summed E-state index contributed by atoms with van der Waals surface area (Å²) in [6.45, 7) is 7.39. The lowest BCUT2D eigenvalue weighted by molar-refractivity contribution is 0.257. The van der Waals surface area contributed by atoms with Crippen molar-refractivity contribution >= 4 is 17.2 Å². The summed E-state index contributed by atoms with van der Waals surface area (Å²) < 4.78 is 3.33. The standard InChI is InChI=1S/C22H29N5O2/c1-4-13-26(14-5-2)16-18-23-20-19(21(28)24-22(29)25(20)3)27(18)15-9-12-17-10-7-6-8-11-17/h6-12H,4-5,13-16H2,1-3H3,(H,24,28,29)/b12-9+. The molecule has 0 fully saturated rings. The minimum Gasteiger partial charge on any atom is -0.317 e. The van der Waals surface area contributed by atoms with E-state index in [0.717, 1.165) is 37.3 Å². The van der Waals surface area contributed by atoms with Crippen LogP contribution in [0, 0.1) is 0 Å². The number of hydrogen-bond acceptors (Lipinski definition) is 4. The smallest absolute Gasteiger partial charge is 0.317 e. The maximum absolute atomic E-state index is 12.6. The van der Waals surface area contributed by atoms with E-state index < -0.39 is 11.2 Å². The molecule has 0 spiro atoms. The summed E-state index contributed by atoms with van der Waals surface area (Å²) >= 11 is 0. The molecule has 0 atom stereocenters. The maximum Gasteiger partial charge on any atom is 0.329 e. The Balaban J connectivity index is 2.04. The number of rotatable bonds is 9. The van der Waals surface area contributed by atoms with Gasteiger partial charge in [-0.2, -0.15) is 0 Å². The van der Waals surface area contributed by atoms with Gasteiger partial charge in [-0.3, -0.25) is 19.2 Å². The molecule has 0 saturated heterocycles. The van der Waals surface area contributed by atoms with Crippen LogP contribution in [0.15, 0.2) is 46.0 Å². The first kappa shape index (κ1) is 20.8. The summed E-state index contributed by atoms with van der Waals surface area (Å²) in [6.07, 6.45) is 6.15. The Hall–Kier alpha value is -2.93. The van der Waals surface area contributed by atoms with Crippen molar-refractivity contribution in [1.82, 2.24) is 24.0 Å². The van der Waals surface area contributed by atoms with Crippen LogP contribution in [-0.2, 0) is 20.1 Å². The largest absolute Gasteiger partial charge is 0.329 e. The van der Waals surface area contributed by atoms with Crippen molar-refractivity contribution in [1.29, 1.82) is 0 Å². The fraction of sp³-hybridized carbons (Fsp3) is 0.409. The Kier molecular flexibility index (Phi) is 6.82. The Morgan fingerprint density at radius 2 is 1.79 bits per heavy atom. The number of nitrogens with zero attached hydrogens (tertiary/aromatic N) is 4. The number of fused-ring (bicyclic) bond motifs is 1. The number of nitrogens with one attached hydrogen (secondary N) is 1. The number of benzene rings is 1. The molecule has 0 saturated carbocycles. The lowest BCUT2D eigenvalue weighted by Gasteiger charge is -2.20. The van der Waals surface area contributed by atoms with E-state index in [4.69, 9.17) is 4.98 Å². The minimum atomic E-state index is -0.447. The number of hydrogen-bond donors (Lipinski definition) is 1. The van der Waals surface area contributed by atoms with Crippen LogP contribution < -0.4 is 11.2 Å². The van der Waals surface area contributed by atoms with Gasteiger partial charge in [0.1, 0.15) is 5.82 Å². The van der Waals surface area contributed by atoms with Gasteiger partial charge in [-0.15, -0.1) is 0 Å². The molecule has 0 aliphatic heterocycles. The van der Waals surface area contributed by atoms with Crippen LogP contribution in [0.25, 0.3) is 17.2 Å². The average molecular weight is 396 g/mol. The van der Waals surface area contributed by atoms with E-state index >= 15 is 0 Å². The molecule has 154 valence electrons. The van der Waals surface area contributed by atoms with E-state index in [-0.39, 0.29) is 0 Å². The first-order valence-corrected chi connectivity index (χ1v) is 10.2. The maximum atomic E-state index is 12.6. The Morgan fingerprint density at radius 3 is 2.45 bits per heavy atom. The van der Waals surface area contributed by atoms with Crippen molar-refractivity contribution < 1.29 is 0 Å². The molecular weight excluding hydrogens is 366 g/mol. The van der Waals surface area contributed by atoms with Crippen LogP contribution in [0.4, 0.5) is 0 Å². The van der Waals surface area contributed by atoms with Gasteiger partial charge in [-0.1, -0.05) is 56.3 Å². The molecule has 0 amide bonds. The van der Waals surface area contributed by atoms with Crippen LogP contribution in [0.2, 0.25) is 0 Å². The van der Waals surface area contributed by atoms with Crippen LogP contribution in [-0.4, -0.2) is 37.1 Å². The van der Waals surface area contributed by atoms with E-state index in [1.807, 2.05) is 47.1 Å². The first-order chi connectivity index (χ1) is 14.0. The molecule has 0 radical (unpaired) electrons. The molecule has 7 heteroatoms. The zero-order chi connectivity index (χ0) is 20.8. The summed E-state index contributed by atoms with van der Waals surface area (Å²) in [6, 6.07) is 10.0. The number of imidazole rings is 1. The van der Waals surface area contributed by atoms with Crippen LogP contribution >= 0.6 is 0 Å². The summed E-state index contributed by atoms with van der Waals surface area (Å²) in [4.78, 5) is 34.1. The van der Waals surface area contributed by atoms with Gasteiger partial charge < -0.3 is 4.57 Å². The molecule has 0 aliphatic rings. The third kappa shape index (κ3) is 4.74. The minimum absolute atomic E-state index is 0.396. The molecule has 2 heterocycles. The second-order valence-corrected chi connectivity index (χ2v) is 7.22. The predicted molar refractivity (Wildman–Crippen MR) is 117 cm³/mol. The van der Waals surface area contributed by atoms with Gasteiger partial charge in [-0.05, 0) is 31.5 Å². The lowest BCUT2D eigenvalue weighted by atomic mass is 10.2. The number of allylic oxidation sites excluding steroid dienone is 1. The van der Waals surface area contributed by atoms with E-state index in [1.165, 1.54) is 4.57 Å². The highest BCUT2D eigenvalue weighted by Gasteiger charge is 2.18. The van der Waals surface area contributed by atoms with Crippen molar-refractivity contribution in [3.8, 4) is 0 Å². The first-order valence-electron chi connectivity index (χ1n) is 10.2. The van der Waals surface area contributed by atoms with E-state index in [9.17, 15) is 9.59 Å². The number of H-pyrrole nitrogens is 1. The normalized spacial score (nSPS) is 11.9. The molecule has 0 aliphatic carbocycles. The van der Waals surface area contributed by atoms with E-state index in [2.05, 4.69) is 23.7 Å². The van der Waals surface area contributed by atoms with Crippen LogP contribution in [0.1, 0.15) is 38.1 Å². The average Bonchev–Trinajstić information content (AvgIpc) is 3.06. The lowest BCUT2D eigenvalue weighted by Crippen LogP contribution is -2.29. The summed E-state index contributed by atoms with van der Waals surface area (Å²) in [5.74, 6) is 0.798. The number of aromatic amines is 1. The van der Waals surface area contributed by atoms with E-state index in [1.54, 1.807) is 7.05 Å². The van der Waals surface area contributed by atoms with E-state index in [0.29, 0.717) is 24.3 Å². The topological polar surface area (TPSA) is 75.9 Å². The van der Waals surface area contributed by atoms with Crippen molar-refractivity contribution in [2.24, 2.45) is 7.05 Å². The van der Waals surface area contributed by atoms with Gasteiger partial charge in [0.25, 0.3) is 5.56 Å². The summed E-state index contributed by atoms with van der Waals surface area (Å²) in [5, 5.41) is 0. The van der Waals surface area contributed by atoms with Gasteiger partial charge in [0.05, 0.1) is 6.54 Å². The van der Waals surface area contributed by atoms with Crippen LogP contribution in [0.3, 0.4) is 0 Å². The molecular formula is C22H29N5O2. The zero-order valence-corrected chi connectivity index (χ0v) is 17.4. The Morgan fingerprint density at radius 1 is 1.10 bits per heavy atom. The van der Waals surface area contributed by atoms with Crippen molar-refractivity contribution in [2.75, 3.05) is 13.1 Å². The third-order valence-electron chi connectivity index (χ3n) is 4.93. The van der Waals surface area contributed by atoms with Crippen molar-refractivity contribution in [2.45, 2.75) is 39.8 Å². The predicted octanol–water partition coefficient (Wildman–Crippen LogP) is 2.76. The summed E-state index contributed by atoms with van der Waals surface area (Å²) in [5.41, 5.74) is 1.12. The second kappa shape index (κ2) is 9.52. The van der Waals surface area contributed by atoms with Crippen molar-refractivity contribution in [3.05, 3.63) is 68.6 Å². The van der Waals surface area contributed by atoms with Crippen LogP contribution in [0.5, 0.6) is 0 Å². The fourth-order valence-corrected chi connectivity index (χ4v) is 3.56.